The number of halogens is 4. The van der Waals surface area contributed by atoms with Crippen LogP contribution < -0.4 is 10.1 Å². The minimum absolute atomic E-state index is 0.0968. The summed E-state index contributed by atoms with van der Waals surface area (Å²) in [6, 6.07) is 10.0. The van der Waals surface area contributed by atoms with Crippen LogP contribution in [-0.4, -0.2) is 12.5 Å². The number of hydrogen-bond donors (Lipinski definition) is 1. The smallest absolute Gasteiger partial charge is 0.416 e. The molecule has 0 saturated heterocycles. The van der Waals surface area contributed by atoms with Gasteiger partial charge in [0.15, 0.2) is 6.61 Å². The fourth-order valence-corrected chi connectivity index (χ4v) is 2.18. The van der Waals surface area contributed by atoms with Gasteiger partial charge >= 0.3 is 6.18 Å². The Morgan fingerprint density at radius 2 is 1.83 bits per heavy atom. The first-order valence-electron chi connectivity index (χ1n) is 7.18. The zero-order chi connectivity index (χ0) is 17.7. The van der Waals surface area contributed by atoms with Crippen LogP contribution in [0.1, 0.15) is 18.1 Å². The largest absolute Gasteiger partial charge is 0.484 e. The van der Waals surface area contributed by atoms with E-state index in [0.717, 1.165) is 30.2 Å². The number of carbonyl (C=O) groups excluding carboxylic acids is 1. The first kappa shape index (κ1) is 18.1. The van der Waals surface area contributed by atoms with Crippen LogP contribution in [0.15, 0.2) is 42.5 Å². The number of benzene rings is 2. The molecule has 0 bridgehead atoms. The third-order valence-corrected chi connectivity index (χ3v) is 3.58. The van der Waals surface area contributed by atoms with Crippen LogP contribution in [0.5, 0.6) is 5.75 Å². The van der Waals surface area contributed by atoms with Crippen LogP contribution in [0.2, 0.25) is 5.02 Å². The molecule has 24 heavy (non-hydrogen) atoms. The lowest BCUT2D eigenvalue weighted by Crippen LogP contribution is -2.20. The Kier molecular flexibility index (Phi) is 5.72. The highest BCUT2D eigenvalue weighted by Crippen LogP contribution is 2.33. The van der Waals surface area contributed by atoms with Crippen LogP contribution in [0.4, 0.5) is 18.9 Å². The van der Waals surface area contributed by atoms with E-state index in [9.17, 15) is 18.0 Å². The molecule has 0 aliphatic carbocycles. The monoisotopic (exact) mass is 357 g/mol. The van der Waals surface area contributed by atoms with E-state index in [1.54, 1.807) is 12.1 Å². The molecule has 128 valence electrons. The molecule has 0 aromatic heterocycles. The molecular formula is C17H15ClF3NO2. The van der Waals surface area contributed by atoms with Gasteiger partial charge in [0.2, 0.25) is 0 Å². The molecule has 0 saturated carbocycles. The Morgan fingerprint density at radius 3 is 2.38 bits per heavy atom. The molecule has 7 heteroatoms. The van der Waals surface area contributed by atoms with Gasteiger partial charge in [0.1, 0.15) is 5.75 Å². The van der Waals surface area contributed by atoms with Crippen molar-refractivity contribution in [3.8, 4) is 5.75 Å². The lowest BCUT2D eigenvalue weighted by atomic mass is 10.2. The molecule has 2 aromatic carbocycles. The second-order valence-electron chi connectivity index (χ2n) is 5.03. The third-order valence-electron chi connectivity index (χ3n) is 3.27. The summed E-state index contributed by atoms with van der Waals surface area (Å²) in [5, 5.41) is 2.23. The quantitative estimate of drug-likeness (QED) is 0.823. The van der Waals surface area contributed by atoms with Crippen molar-refractivity contribution in [3.63, 3.8) is 0 Å². The molecule has 2 aromatic rings. The second-order valence-corrected chi connectivity index (χ2v) is 5.43. The second kappa shape index (κ2) is 7.57. The maximum Gasteiger partial charge on any atom is 0.416 e. The minimum Gasteiger partial charge on any atom is -0.484 e. The molecule has 0 aliphatic heterocycles. The number of nitrogens with one attached hydrogen (secondary N) is 1. The van der Waals surface area contributed by atoms with Gasteiger partial charge in [-0.3, -0.25) is 4.79 Å². The van der Waals surface area contributed by atoms with Gasteiger partial charge in [0, 0.05) is 0 Å². The van der Waals surface area contributed by atoms with E-state index in [-0.39, 0.29) is 17.3 Å². The molecule has 1 amide bonds. The van der Waals surface area contributed by atoms with Gasteiger partial charge in [0.25, 0.3) is 5.91 Å². The fraction of sp³-hybridized carbons (Fsp3) is 0.235. The fourth-order valence-electron chi connectivity index (χ4n) is 1.95. The zero-order valence-electron chi connectivity index (χ0n) is 12.8. The van der Waals surface area contributed by atoms with E-state index in [2.05, 4.69) is 5.32 Å². The van der Waals surface area contributed by atoms with E-state index < -0.39 is 17.6 Å². The summed E-state index contributed by atoms with van der Waals surface area (Å²) in [5.74, 6) is 0.0112. The van der Waals surface area contributed by atoms with Crippen molar-refractivity contribution in [2.45, 2.75) is 19.5 Å². The summed E-state index contributed by atoms with van der Waals surface area (Å²) in [7, 11) is 0. The first-order chi connectivity index (χ1) is 11.3. The first-order valence-corrected chi connectivity index (χ1v) is 7.55. The van der Waals surface area contributed by atoms with E-state index in [1.165, 1.54) is 0 Å². The topological polar surface area (TPSA) is 38.3 Å². The predicted octanol–water partition coefficient (Wildman–Crippen LogP) is 4.94. The maximum atomic E-state index is 12.6. The normalized spacial score (nSPS) is 11.2. The summed E-state index contributed by atoms with van der Waals surface area (Å²) < 4.78 is 43.0. The average Bonchev–Trinajstić information content (AvgIpc) is 2.54. The highest BCUT2D eigenvalue weighted by Gasteiger charge is 2.30. The highest BCUT2D eigenvalue weighted by atomic mass is 35.5. The van der Waals surface area contributed by atoms with Crippen LogP contribution in [0.25, 0.3) is 0 Å². The van der Waals surface area contributed by atoms with Crippen LogP contribution in [0, 0.1) is 0 Å². The van der Waals surface area contributed by atoms with Crippen LogP contribution >= 0.6 is 11.6 Å². The van der Waals surface area contributed by atoms with E-state index >= 15 is 0 Å². The van der Waals surface area contributed by atoms with Gasteiger partial charge in [-0.1, -0.05) is 30.7 Å². The van der Waals surface area contributed by atoms with E-state index in [0.29, 0.717) is 5.75 Å². The summed E-state index contributed by atoms with van der Waals surface area (Å²) in [6.07, 6.45) is -3.59. The molecule has 0 atom stereocenters. The van der Waals surface area contributed by atoms with Gasteiger partial charge in [-0.05, 0) is 42.3 Å². The predicted molar refractivity (Wildman–Crippen MR) is 86.4 cm³/mol. The number of amides is 1. The van der Waals surface area contributed by atoms with Gasteiger partial charge in [-0.25, -0.2) is 0 Å². The number of rotatable bonds is 5. The van der Waals surface area contributed by atoms with Crippen molar-refractivity contribution in [1.82, 2.24) is 0 Å². The molecule has 0 radical (unpaired) electrons. The Hall–Kier alpha value is -2.21. The third kappa shape index (κ3) is 4.89. The standard InChI is InChI=1S/C17H15ClF3NO2/c1-2-11-3-6-13(7-4-11)24-10-16(23)22-15-8-5-12(9-14(15)18)17(19,20)21/h3-9H,2,10H2,1H3,(H,22,23). The Balaban J connectivity index is 1.94. The van der Waals surface area contributed by atoms with Gasteiger partial charge in [-0.2, -0.15) is 13.2 Å². The summed E-state index contributed by atoms with van der Waals surface area (Å²) in [6.45, 7) is 1.75. The van der Waals surface area contributed by atoms with Gasteiger partial charge in [0.05, 0.1) is 16.3 Å². The number of ether oxygens (including phenoxy) is 1. The molecule has 0 fully saturated rings. The number of anilines is 1. The molecule has 0 heterocycles. The summed E-state index contributed by atoms with van der Waals surface area (Å²) in [4.78, 5) is 11.8. The molecule has 2 rings (SSSR count). The molecule has 0 aliphatic rings. The van der Waals surface area contributed by atoms with Crippen molar-refractivity contribution in [2.75, 3.05) is 11.9 Å². The van der Waals surface area contributed by atoms with Crippen molar-refractivity contribution in [3.05, 3.63) is 58.6 Å². The van der Waals surface area contributed by atoms with Crippen LogP contribution in [0.3, 0.4) is 0 Å². The average molecular weight is 358 g/mol. The Morgan fingerprint density at radius 1 is 1.17 bits per heavy atom. The molecular weight excluding hydrogens is 343 g/mol. The Labute approximate surface area is 142 Å². The van der Waals surface area contributed by atoms with E-state index in [1.807, 2.05) is 19.1 Å². The number of hydrogen-bond acceptors (Lipinski definition) is 2. The molecule has 3 nitrogen and oxygen atoms in total. The van der Waals surface area contributed by atoms with E-state index in [4.69, 9.17) is 16.3 Å². The van der Waals surface area contributed by atoms with Gasteiger partial charge in [-0.15, -0.1) is 0 Å². The lowest BCUT2D eigenvalue weighted by molar-refractivity contribution is -0.137. The van der Waals surface area contributed by atoms with Gasteiger partial charge < -0.3 is 10.1 Å². The van der Waals surface area contributed by atoms with Crippen LogP contribution in [-0.2, 0) is 17.4 Å². The highest BCUT2D eigenvalue weighted by molar-refractivity contribution is 6.33. The molecule has 0 spiro atoms. The summed E-state index contributed by atoms with van der Waals surface area (Å²) in [5.41, 5.74) is 0.362. The summed E-state index contributed by atoms with van der Waals surface area (Å²) >= 11 is 5.77. The number of carbonyl (C=O) groups is 1. The zero-order valence-corrected chi connectivity index (χ0v) is 13.5. The van der Waals surface area contributed by atoms with Crippen molar-refractivity contribution in [2.24, 2.45) is 0 Å². The lowest BCUT2D eigenvalue weighted by Gasteiger charge is -2.11. The molecule has 1 N–H and O–H groups in total. The maximum absolute atomic E-state index is 12.6. The number of alkyl halides is 3. The SMILES string of the molecule is CCc1ccc(OCC(=O)Nc2ccc(C(F)(F)F)cc2Cl)cc1. The van der Waals surface area contributed by atoms with Crippen molar-refractivity contribution < 1.29 is 22.7 Å². The minimum atomic E-state index is -4.49. The van der Waals surface area contributed by atoms with Crippen molar-refractivity contribution >= 4 is 23.2 Å². The van der Waals surface area contributed by atoms with Crippen molar-refractivity contribution in [1.29, 1.82) is 0 Å². The number of aryl methyl sites for hydroxylation is 1. The Bertz CT molecular complexity index is 715. The molecule has 0 unspecified atom stereocenters.